The SMILES string of the molecule is Cc1sc2nc(CS[C@@H](C)c3ccccc3Cl)[nH]c(=O)c2c1C. The lowest BCUT2D eigenvalue weighted by Crippen LogP contribution is -2.11. The lowest BCUT2D eigenvalue weighted by molar-refractivity contribution is 1.03. The van der Waals surface area contributed by atoms with Gasteiger partial charge in [0.15, 0.2) is 0 Å². The van der Waals surface area contributed by atoms with Crippen LogP contribution in [-0.4, -0.2) is 9.97 Å². The normalized spacial score (nSPS) is 12.7. The zero-order valence-electron chi connectivity index (χ0n) is 13.1. The molecule has 0 saturated carbocycles. The maximum Gasteiger partial charge on any atom is 0.259 e. The highest BCUT2D eigenvalue weighted by Gasteiger charge is 2.14. The number of aromatic nitrogens is 2. The van der Waals surface area contributed by atoms with Crippen molar-refractivity contribution in [3.8, 4) is 0 Å². The third kappa shape index (κ3) is 3.32. The summed E-state index contributed by atoms with van der Waals surface area (Å²) in [4.78, 5) is 21.8. The summed E-state index contributed by atoms with van der Waals surface area (Å²) in [6.45, 7) is 6.11. The Morgan fingerprint density at radius 1 is 1.35 bits per heavy atom. The lowest BCUT2D eigenvalue weighted by Gasteiger charge is -2.12. The van der Waals surface area contributed by atoms with E-state index in [0.29, 0.717) is 11.6 Å². The number of nitrogens with zero attached hydrogens (tertiary/aromatic N) is 1. The molecule has 3 nitrogen and oxygen atoms in total. The Bertz CT molecular complexity index is 917. The first-order valence-corrected chi connectivity index (χ1v) is 9.56. The van der Waals surface area contributed by atoms with Crippen molar-refractivity contribution >= 4 is 44.9 Å². The monoisotopic (exact) mass is 364 g/mol. The second-order valence-electron chi connectivity index (χ2n) is 5.45. The van der Waals surface area contributed by atoms with Crippen LogP contribution in [0.3, 0.4) is 0 Å². The zero-order chi connectivity index (χ0) is 16.6. The smallest absolute Gasteiger partial charge is 0.259 e. The van der Waals surface area contributed by atoms with Gasteiger partial charge in [0.2, 0.25) is 0 Å². The quantitative estimate of drug-likeness (QED) is 0.687. The van der Waals surface area contributed by atoms with Gasteiger partial charge in [0.05, 0.1) is 11.1 Å². The Morgan fingerprint density at radius 2 is 2.09 bits per heavy atom. The molecule has 1 atom stereocenters. The van der Waals surface area contributed by atoms with Gasteiger partial charge in [-0.1, -0.05) is 29.8 Å². The zero-order valence-corrected chi connectivity index (χ0v) is 15.5. The number of aryl methyl sites for hydroxylation is 2. The number of benzene rings is 1. The molecule has 1 N–H and O–H groups in total. The van der Waals surface area contributed by atoms with E-state index in [2.05, 4.69) is 16.9 Å². The largest absolute Gasteiger partial charge is 0.309 e. The second-order valence-corrected chi connectivity index (χ2v) is 8.39. The molecule has 0 aliphatic heterocycles. The molecule has 6 heteroatoms. The number of nitrogens with one attached hydrogen (secondary N) is 1. The Labute approximate surface area is 148 Å². The molecule has 2 heterocycles. The Balaban J connectivity index is 1.82. The highest BCUT2D eigenvalue weighted by Crippen LogP contribution is 2.34. The van der Waals surface area contributed by atoms with Crippen molar-refractivity contribution in [2.24, 2.45) is 0 Å². The number of H-pyrrole nitrogens is 1. The molecular weight excluding hydrogens is 348 g/mol. The van der Waals surface area contributed by atoms with Gasteiger partial charge in [-0.3, -0.25) is 4.79 Å². The van der Waals surface area contributed by atoms with Crippen LogP contribution in [0.2, 0.25) is 5.02 Å². The fraction of sp³-hybridized carbons (Fsp3) is 0.294. The van der Waals surface area contributed by atoms with Crippen molar-refractivity contribution < 1.29 is 0 Å². The molecule has 120 valence electrons. The molecule has 0 aliphatic rings. The molecule has 3 rings (SSSR count). The van der Waals surface area contributed by atoms with Gasteiger partial charge in [-0.2, -0.15) is 0 Å². The molecule has 0 spiro atoms. The number of halogens is 1. The molecule has 2 aromatic heterocycles. The number of fused-ring (bicyclic) bond motifs is 1. The fourth-order valence-corrected chi connectivity index (χ4v) is 4.81. The van der Waals surface area contributed by atoms with Gasteiger partial charge >= 0.3 is 0 Å². The predicted octanol–water partition coefficient (Wildman–Crippen LogP) is 5.25. The van der Waals surface area contributed by atoms with Gasteiger partial charge < -0.3 is 4.98 Å². The molecule has 0 amide bonds. The first-order chi connectivity index (χ1) is 11.0. The third-order valence-corrected chi connectivity index (χ3v) is 6.54. The molecule has 3 aromatic rings. The minimum Gasteiger partial charge on any atom is -0.309 e. The standard InChI is InChI=1S/C17H17ClN2OS2/c1-9-10(2)23-17-15(9)16(21)19-14(20-17)8-22-11(3)12-6-4-5-7-13(12)18/h4-7,11H,8H2,1-3H3,(H,19,20,21)/t11-/m0/s1. The molecular formula is C17H17ClN2OS2. The van der Waals surface area contributed by atoms with Gasteiger partial charge in [0.25, 0.3) is 5.56 Å². The van der Waals surface area contributed by atoms with E-state index in [0.717, 1.165) is 31.2 Å². The average Bonchev–Trinajstić information content (AvgIpc) is 2.80. The molecule has 0 saturated heterocycles. The minimum absolute atomic E-state index is 0.0437. The summed E-state index contributed by atoms with van der Waals surface area (Å²) in [6, 6.07) is 7.85. The second kappa shape index (κ2) is 6.67. The highest BCUT2D eigenvalue weighted by atomic mass is 35.5. The topological polar surface area (TPSA) is 45.8 Å². The van der Waals surface area contributed by atoms with Crippen LogP contribution in [0.25, 0.3) is 10.2 Å². The Hall–Kier alpha value is -1.30. The number of thiophene rings is 1. The Morgan fingerprint density at radius 3 is 2.83 bits per heavy atom. The molecule has 1 aromatic carbocycles. The van der Waals surface area contributed by atoms with Crippen molar-refractivity contribution in [3.05, 3.63) is 61.5 Å². The van der Waals surface area contributed by atoms with E-state index < -0.39 is 0 Å². The summed E-state index contributed by atoms with van der Waals surface area (Å²) >= 11 is 9.53. The van der Waals surface area contributed by atoms with E-state index >= 15 is 0 Å². The predicted molar refractivity (Wildman–Crippen MR) is 101 cm³/mol. The first kappa shape index (κ1) is 16.6. The molecule has 23 heavy (non-hydrogen) atoms. The van der Waals surface area contributed by atoms with Crippen molar-refractivity contribution in [1.82, 2.24) is 9.97 Å². The minimum atomic E-state index is -0.0437. The number of hydrogen-bond donors (Lipinski definition) is 1. The van der Waals surface area contributed by atoms with E-state index in [9.17, 15) is 4.79 Å². The molecule has 0 radical (unpaired) electrons. The van der Waals surface area contributed by atoms with Crippen molar-refractivity contribution in [3.63, 3.8) is 0 Å². The summed E-state index contributed by atoms with van der Waals surface area (Å²) in [6.07, 6.45) is 0. The number of hydrogen-bond acceptors (Lipinski definition) is 4. The first-order valence-electron chi connectivity index (χ1n) is 7.32. The van der Waals surface area contributed by atoms with Gasteiger partial charge in [-0.25, -0.2) is 4.98 Å². The summed E-state index contributed by atoms with van der Waals surface area (Å²) in [7, 11) is 0. The van der Waals surface area contributed by atoms with Crippen molar-refractivity contribution in [2.45, 2.75) is 31.8 Å². The van der Waals surface area contributed by atoms with E-state index in [4.69, 9.17) is 11.6 Å². The molecule has 0 bridgehead atoms. The van der Waals surface area contributed by atoms with Gasteiger partial charge in [-0.15, -0.1) is 23.1 Å². The number of aromatic amines is 1. The maximum atomic E-state index is 12.3. The number of rotatable bonds is 4. The summed E-state index contributed by atoms with van der Waals surface area (Å²) in [5, 5.41) is 1.73. The van der Waals surface area contributed by atoms with Crippen LogP contribution in [0.1, 0.15) is 34.0 Å². The van der Waals surface area contributed by atoms with Crippen LogP contribution in [0.15, 0.2) is 29.1 Å². The van der Waals surface area contributed by atoms with E-state index in [1.165, 1.54) is 0 Å². The maximum absolute atomic E-state index is 12.3. The van der Waals surface area contributed by atoms with Crippen LogP contribution < -0.4 is 5.56 Å². The number of thioether (sulfide) groups is 1. The summed E-state index contributed by atoms with van der Waals surface area (Å²) in [5.74, 6) is 1.36. The van der Waals surface area contributed by atoms with Gasteiger partial charge in [-0.05, 0) is 38.0 Å². The van der Waals surface area contributed by atoms with Crippen LogP contribution in [-0.2, 0) is 5.75 Å². The molecule has 0 unspecified atom stereocenters. The summed E-state index contributed by atoms with van der Waals surface area (Å²) in [5.41, 5.74) is 2.09. The fourth-order valence-electron chi connectivity index (χ4n) is 2.47. The van der Waals surface area contributed by atoms with Crippen LogP contribution >= 0.6 is 34.7 Å². The Kier molecular flexibility index (Phi) is 4.80. The van der Waals surface area contributed by atoms with Crippen molar-refractivity contribution in [2.75, 3.05) is 0 Å². The summed E-state index contributed by atoms with van der Waals surface area (Å²) < 4.78 is 0. The average molecular weight is 365 g/mol. The molecule has 0 fully saturated rings. The van der Waals surface area contributed by atoms with Gasteiger partial charge in [0.1, 0.15) is 10.7 Å². The lowest BCUT2D eigenvalue weighted by atomic mass is 10.2. The van der Waals surface area contributed by atoms with E-state index in [1.807, 2.05) is 38.1 Å². The third-order valence-electron chi connectivity index (χ3n) is 3.90. The molecule has 0 aliphatic carbocycles. The van der Waals surface area contributed by atoms with E-state index in [1.54, 1.807) is 23.1 Å². The van der Waals surface area contributed by atoms with Crippen LogP contribution in [0.4, 0.5) is 0 Å². The highest BCUT2D eigenvalue weighted by molar-refractivity contribution is 7.98. The van der Waals surface area contributed by atoms with Gasteiger partial charge in [0, 0.05) is 15.1 Å². The van der Waals surface area contributed by atoms with Crippen LogP contribution in [0, 0.1) is 13.8 Å². The van der Waals surface area contributed by atoms with Crippen LogP contribution in [0.5, 0.6) is 0 Å². The van der Waals surface area contributed by atoms with Crippen molar-refractivity contribution in [1.29, 1.82) is 0 Å². The van der Waals surface area contributed by atoms with E-state index in [-0.39, 0.29) is 10.8 Å².